The third kappa shape index (κ3) is 4.65. The van der Waals surface area contributed by atoms with Crippen molar-refractivity contribution in [1.82, 2.24) is 10.3 Å². The van der Waals surface area contributed by atoms with Gasteiger partial charge in [0.05, 0.1) is 4.90 Å². The van der Waals surface area contributed by atoms with Gasteiger partial charge in [-0.05, 0) is 60.9 Å². The van der Waals surface area contributed by atoms with E-state index >= 15 is 0 Å². The van der Waals surface area contributed by atoms with Crippen molar-refractivity contribution in [3.8, 4) is 0 Å². The van der Waals surface area contributed by atoms with Crippen LogP contribution in [0.3, 0.4) is 0 Å². The molecule has 6 nitrogen and oxygen atoms in total. The van der Waals surface area contributed by atoms with Crippen molar-refractivity contribution in [2.24, 2.45) is 0 Å². The predicted molar refractivity (Wildman–Crippen MR) is 123 cm³/mol. The number of carbonyl (C=O) groups is 1. The quantitative estimate of drug-likeness (QED) is 0.389. The standard InChI is InChI=1S/C24H22FN3O3S/c1-16-9-10-20(14-22(16)25)32(30,31)28-19-6-4-5-17(13-19)24(29)26-12-11-18-15-27-23-8-3-2-7-21(18)23/h2-10,13-15,27-28H,11-12H2,1H3,(H,26,29). The van der Waals surface area contributed by atoms with Crippen LogP contribution in [0.1, 0.15) is 21.5 Å². The number of anilines is 1. The molecule has 0 spiro atoms. The molecule has 32 heavy (non-hydrogen) atoms. The Bertz CT molecular complexity index is 1400. The molecular weight excluding hydrogens is 429 g/mol. The Hall–Kier alpha value is -3.65. The van der Waals surface area contributed by atoms with E-state index in [1.165, 1.54) is 24.3 Å². The van der Waals surface area contributed by atoms with Gasteiger partial charge in [-0.1, -0.05) is 30.3 Å². The van der Waals surface area contributed by atoms with Crippen LogP contribution in [0.2, 0.25) is 0 Å². The summed E-state index contributed by atoms with van der Waals surface area (Å²) in [7, 11) is -3.99. The molecule has 0 aliphatic heterocycles. The molecule has 4 aromatic rings. The predicted octanol–water partition coefficient (Wildman–Crippen LogP) is 4.39. The number of rotatable bonds is 7. The van der Waals surface area contributed by atoms with E-state index in [4.69, 9.17) is 0 Å². The molecule has 0 atom stereocenters. The first-order valence-electron chi connectivity index (χ1n) is 10.1. The second-order valence-electron chi connectivity index (χ2n) is 7.46. The van der Waals surface area contributed by atoms with Gasteiger partial charge in [0.1, 0.15) is 5.82 Å². The summed E-state index contributed by atoms with van der Waals surface area (Å²) in [6.07, 6.45) is 2.58. The number of para-hydroxylation sites is 1. The van der Waals surface area contributed by atoms with Gasteiger partial charge in [0.15, 0.2) is 0 Å². The maximum atomic E-state index is 13.8. The van der Waals surface area contributed by atoms with E-state index in [0.29, 0.717) is 24.1 Å². The zero-order chi connectivity index (χ0) is 22.7. The topological polar surface area (TPSA) is 91.1 Å². The number of fused-ring (bicyclic) bond motifs is 1. The number of hydrogen-bond donors (Lipinski definition) is 3. The monoisotopic (exact) mass is 451 g/mol. The lowest BCUT2D eigenvalue weighted by atomic mass is 10.1. The molecule has 1 aromatic heterocycles. The van der Waals surface area contributed by atoms with Crippen LogP contribution in [0.25, 0.3) is 10.9 Å². The van der Waals surface area contributed by atoms with Crippen molar-refractivity contribution in [3.63, 3.8) is 0 Å². The number of nitrogens with one attached hydrogen (secondary N) is 3. The zero-order valence-electron chi connectivity index (χ0n) is 17.4. The van der Waals surface area contributed by atoms with Crippen LogP contribution in [0, 0.1) is 12.7 Å². The summed E-state index contributed by atoms with van der Waals surface area (Å²) < 4.78 is 41.3. The molecule has 3 aromatic carbocycles. The number of aromatic amines is 1. The Morgan fingerprint density at radius 3 is 2.66 bits per heavy atom. The fourth-order valence-electron chi connectivity index (χ4n) is 3.43. The summed E-state index contributed by atoms with van der Waals surface area (Å²) in [5.41, 5.74) is 3.04. The molecule has 1 amide bonds. The Morgan fingerprint density at radius 2 is 1.84 bits per heavy atom. The lowest BCUT2D eigenvalue weighted by Gasteiger charge is -2.10. The number of benzene rings is 3. The van der Waals surface area contributed by atoms with Gasteiger partial charge in [-0.3, -0.25) is 9.52 Å². The van der Waals surface area contributed by atoms with Crippen molar-refractivity contribution >= 4 is 32.5 Å². The summed E-state index contributed by atoms with van der Waals surface area (Å²) in [5, 5.41) is 3.97. The highest BCUT2D eigenvalue weighted by atomic mass is 32.2. The molecule has 0 unspecified atom stereocenters. The van der Waals surface area contributed by atoms with E-state index in [9.17, 15) is 17.6 Å². The van der Waals surface area contributed by atoms with Crippen LogP contribution < -0.4 is 10.0 Å². The summed E-state index contributed by atoms with van der Waals surface area (Å²) in [5.74, 6) is -0.913. The SMILES string of the molecule is Cc1ccc(S(=O)(=O)Nc2cccc(C(=O)NCCc3c[nH]c4ccccc34)c2)cc1F. The molecule has 0 radical (unpaired) electrons. The molecule has 8 heteroatoms. The Labute approximate surface area is 185 Å². The van der Waals surface area contributed by atoms with Gasteiger partial charge in [-0.2, -0.15) is 0 Å². The van der Waals surface area contributed by atoms with Crippen LogP contribution in [0.5, 0.6) is 0 Å². The van der Waals surface area contributed by atoms with Crippen LogP contribution in [0.4, 0.5) is 10.1 Å². The molecule has 0 aliphatic rings. The lowest BCUT2D eigenvalue weighted by molar-refractivity contribution is 0.0954. The van der Waals surface area contributed by atoms with Crippen LogP contribution in [-0.4, -0.2) is 25.9 Å². The van der Waals surface area contributed by atoms with Crippen LogP contribution >= 0.6 is 0 Å². The molecule has 0 fully saturated rings. The molecule has 0 aliphatic carbocycles. The largest absolute Gasteiger partial charge is 0.361 e. The van der Waals surface area contributed by atoms with E-state index in [0.717, 1.165) is 22.5 Å². The first-order valence-corrected chi connectivity index (χ1v) is 11.5. The fourth-order valence-corrected chi connectivity index (χ4v) is 4.49. The zero-order valence-corrected chi connectivity index (χ0v) is 18.2. The first-order chi connectivity index (χ1) is 15.3. The van der Waals surface area contributed by atoms with Crippen molar-refractivity contribution < 1.29 is 17.6 Å². The minimum Gasteiger partial charge on any atom is -0.361 e. The molecule has 0 bridgehead atoms. The van der Waals surface area contributed by atoms with Crippen molar-refractivity contribution in [2.75, 3.05) is 11.3 Å². The summed E-state index contributed by atoms with van der Waals surface area (Å²) in [6.45, 7) is 1.99. The van der Waals surface area contributed by atoms with E-state index in [1.807, 2.05) is 30.5 Å². The molecule has 1 heterocycles. The fraction of sp³-hybridized carbons (Fsp3) is 0.125. The van der Waals surface area contributed by atoms with E-state index in [-0.39, 0.29) is 16.5 Å². The van der Waals surface area contributed by atoms with Gasteiger partial charge >= 0.3 is 0 Å². The minimum atomic E-state index is -3.99. The van der Waals surface area contributed by atoms with E-state index in [1.54, 1.807) is 19.1 Å². The molecule has 0 saturated carbocycles. The Morgan fingerprint density at radius 1 is 1.03 bits per heavy atom. The van der Waals surface area contributed by atoms with Gasteiger partial charge in [-0.25, -0.2) is 12.8 Å². The van der Waals surface area contributed by atoms with Gasteiger partial charge < -0.3 is 10.3 Å². The molecule has 164 valence electrons. The number of aromatic nitrogens is 1. The second kappa shape index (κ2) is 8.84. The highest BCUT2D eigenvalue weighted by Gasteiger charge is 2.17. The lowest BCUT2D eigenvalue weighted by Crippen LogP contribution is -2.25. The number of halogens is 1. The van der Waals surface area contributed by atoms with Gasteiger partial charge in [0.2, 0.25) is 0 Å². The Balaban J connectivity index is 1.41. The third-order valence-corrected chi connectivity index (χ3v) is 6.56. The number of H-pyrrole nitrogens is 1. The molecule has 3 N–H and O–H groups in total. The number of aryl methyl sites for hydroxylation is 1. The maximum Gasteiger partial charge on any atom is 0.261 e. The molecular formula is C24H22FN3O3S. The van der Waals surface area contributed by atoms with Gasteiger partial charge in [0.25, 0.3) is 15.9 Å². The smallest absolute Gasteiger partial charge is 0.261 e. The maximum absolute atomic E-state index is 13.8. The number of sulfonamides is 1. The summed E-state index contributed by atoms with van der Waals surface area (Å²) in [4.78, 5) is 15.6. The van der Waals surface area contributed by atoms with Crippen LogP contribution in [-0.2, 0) is 16.4 Å². The number of amides is 1. The highest BCUT2D eigenvalue weighted by molar-refractivity contribution is 7.92. The normalized spacial score (nSPS) is 11.4. The van der Waals surface area contributed by atoms with Crippen molar-refractivity contribution in [2.45, 2.75) is 18.2 Å². The highest BCUT2D eigenvalue weighted by Crippen LogP contribution is 2.20. The van der Waals surface area contributed by atoms with E-state index in [2.05, 4.69) is 15.0 Å². The number of hydrogen-bond acceptors (Lipinski definition) is 3. The second-order valence-corrected chi connectivity index (χ2v) is 9.15. The number of carbonyl (C=O) groups excluding carboxylic acids is 1. The van der Waals surface area contributed by atoms with Crippen molar-refractivity contribution in [3.05, 3.63) is 95.4 Å². The Kier molecular flexibility index (Phi) is 5.96. The van der Waals surface area contributed by atoms with Gasteiger partial charge in [-0.15, -0.1) is 0 Å². The van der Waals surface area contributed by atoms with Crippen molar-refractivity contribution in [1.29, 1.82) is 0 Å². The first kappa shape index (κ1) is 21.6. The molecule has 0 saturated heterocycles. The average molecular weight is 452 g/mol. The molecule has 4 rings (SSSR count). The summed E-state index contributed by atoms with van der Waals surface area (Å²) >= 11 is 0. The average Bonchev–Trinajstić information content (AvgIpc) is 3.18. The summed E-state index contributed by atoms with van der Waals surface area (Å²) in [6, 6.07) is 17.8. The van der Waals surface area contributed by atoms with Crippen LogP contribution in [0.15, 0.2) is 77.8 Å². The third-order valence-electron chi connectivity index (χ3n) is 5.19. The van der Waals surface area contributed by atoms with E-state index < -0.39 is 15.8 Å². The minimum absolute atomic E-state index is 0.186. The van der Waals surface area contributed by atoms with Gasteiger partial charge in [0, 0.05) is 34.9 Å².